The summed E-state index contributed by atoms with van der Waals surface area (Å²) < 4.78 is 26.5. The Labute approximate surface area is 111 Å². The van der Waals surface area contributed by atoms with E-state index in [1.54, 1.807) is 4.31 Å². The lowest BCUT2D eigenvalue weighted by Gasteiger charge is -2.32. The normalized spacial score (nSPS) is 25.9. The zero-order chi connectivity index (χ0) is 13.2. The predicted molar refractivity (Wildman–Crippen MR) is 74.0 cm³/mol. The lowest BCUT2D eigenvalue weighted by molar-refractivity contribution is 0.282. The van der Waals surface area contributed by atoms with Crippen molar-refractivity contribution in [2.24, 2.45) is 5.92 Å². The van der Waals surface area contributed by atoms with Gasteiger partial charge in [-0.3, -0.25) is 0 Å². The minimum absolute atomic E-state index is 0.0671. The Hall–Kier alpha value is -0.130. The molecule has 1 aliphatic carbocycles. The number of sulfonamides is 1. The van der Waals surface area contributed by atoms with Crippen LogP contribution in [0.4, 0.5) is 0 Å². The van der Waals surface area contributed by atoms with Gasteiger partial charge in [0.05, 0.1) is 5.75 Å². The second-order valence-corrected chi connectivity index (χ2v) is 8.00. The first-order valence-corrected chi connectivity index (χ1v) is 8.83. The van der Waals surface area contributed by atoms with Crippen LogP contribution in [0.15, 0.2) is 0 Å². The van der Waals surface area contributed by atoms with Crippen molar-refractivity contribution >= 4 is 10.0 Å². The molecular weight excluding hydrogens is 248 g/mol. The number of rotatable bonds is 6. The average molecular weight is 274 g/mol. The van der Waals surface area contributed by atoms with Crippen molar-refractivity contribution < 1.29 is 8.42 Å². The first-order valence-electron chi connectivity index (χ1n) is 7.22. The van der Waals surface area contributed by atoms with Gasteiger partial charge in [0.2, 0.25) is 10.0 Å². The summed E-state index contributed by atoms with van der Waals surface area (Å²) in [6, 6.07) is 0.410. The van der Waals surface area contributed by atoms with E-state index in [1.165, 1.54) is 12.8 Å². The summed E-state index contributed by atoms with van der Waals surface area (Å²) in [5.41, 5.74) is 0. The maximum absolute atomic E-state index is 12.4. The molecule has 1 aliphatic heterocycles. The van der Waals surface area contributed by atoms with Crippen LogP contribution >= 0.6 is 0 Å². The molecule has 5 heteroatoms. The van der Waals surface area contributed by atoms with Crippen molar-refractivity contribution in [2.45, 2.75) is 58.0 Å². The van der Waals surface area contributed by atoms with E-state index in [0.717, 1.165) is 25.8 Å². The molecular formula is C13H26N2O2S. The maximum atomic E-state index is 12.4. The molecule has 1 heterocycles. The van der Waals surface area contributed by atoms with E-state index in [0.29, 0.717) is 24.3 Å². The summed E-state index contributed by atoms with van der Waals surface area (Å²) in [5.74, 6) is 0.785. The van der Waals surface area contributed by atoms with Gasteiger partial charge in [-0.2, -0.15) is 4.31 Å². The van der Waals surface area contributed by atoms with E-state index >= 15 is 0 Å². The van der Waals surface area contributed by atoms with Crippen molar-refractivity contribution in [3.8, 4) is 0 Å². The Bertz CT molecular complexity index is 357. The molecule has 0 aromatic heterocycles. The molecule has 106 valence electrons. The molecule has 2 aliphatic rings. The Morgan fingerprint density at radius 1 is 1.22 bits per heavy atom. The van der Waals surface area contributed by atoms with Crippen LogP contribution in [0.5, 0.6) is 0 Å². The van der Waals surface area contributed by atoms with Gasteiger partial charge in [0, 0.05) is 18.6 Å². The van der Waals surface area contributed by atoms with Gasteiger partial charge in [0.15, 0.2) is 0 Å². The molecule has 0 aromatic rings. The zero-order valence-corrected chi connectivity index (χ0v) is 12.4. The van der Waals surface area contributed by atoms with Crippen LogP contribution in [0.2, 0.25) is 0 Å². The van der Waals surface area contributed by atoms with Crippen molar-refractivity contribution in [1.82, 2.24) is 9.62 Å². The summed E-state index contributed by atoms with van der Waals surface area (Å²) in [7, 11) is -3.06. The van der Waals surface area contributed by atoms with E-state index in [1.807, 2.05) is 13.8 Å². The van der Waals surface area contributed by atoms with Gasteiger partial charge in [-0.15, -0.1) is 0 Å². The second-order valence-electron chi connectivity index (χ2n) is 6.03. The smallest absolute Gasteiger partial charge is 0.214 e. The fraction of sp³-hybridized carbons (Fsp3) is 1.00. The number of piperidine rings is 1. The summed E-state index contributed by atoms with van der Waals surface area (Å²) in [4.78, 5) is 0. The molecule has 0 amide bonds. The molecule has 1 N–H and O–H groups in total. The molecule has 4 nitrogen and oxygen atoms in total. The van der Waals surface area contributed by atoms with Crippen molar-refractivity contribution in [1.29, 1.82) is 0 Å². The molecule has 18 heavy (non-hydrogen) atoms. The van der Waals surface area contributed by atoms with Crippen LogP contribution in [0.3, 0.4) is 0 Å². The van der Waals surface area contributed by atoms with Crippen LogP contribution in [0.25, 0.3) is 0 Å². The maximum Gasteiger partial charge on any atom is 0.214 e. The van der Waals surface area contributed by atoms with E-state index in [9.17, 15) is 8.42 Å². The van der Waals surface area contributed by atoms with Gasteiger partial charge in [-0.05, 0) is 52.0 Å². The molecule has 1 saturated heterocycles. The summed E-state index contributed by atoms with van der Waals surface area (Å²) >= 11 is 0. The molecule has 1 unspecified atom stereocenters. The molecule has 0 radical (unpaired) electrons. The van der Waals surface area contributed by atoms with Gasteiger partial charge in [-0.25, -0.2) is 8.42 Å². The van der Waals surface area contributed by atoms with Gasteiger partial charge >= 0.3 is 0 Å². The van der Waals surface area contributed by atoms with Gasteiger partial charge < -0.3 is 5.32 Å². The van der Waals surface area contributed by atoms with Gasteiger partial charge in [0.1, 0.15) is 0 Å². The Morgan fingerprint density at radius 3 is 2.44 bits per heavy atom. The summed E-state index contributed by atoms with van der Waals surface area (Å²) in [5, 5.41) is 3.44. The Balaban J connectivity index is 1.97. The number of hydrogen-bond donors (Lipinski definition) is 1. The van der Waals surface area contributed by atoms with Crippen molar-refractivity contribution in [2.75, 3.05) is 18.8 Å². The van der Waals surface area contributed by atoms with Gasteiger partial charge in [-0.1, -0.05) is 6.42 Å². The van der Waals surface area contributed by atoms with E-state index in [2.05, 4.69) is 5.32 Å². The molecule has 0 aromatic carbocycles. The minimum atomic E-state index is -3.06. The van der Waals surface area contributed by atoms with Gasteiger partial charge in [0.25, 0.3) is 0 Å². The van der Waals surface area contributed by atoms with Crippen LogP contribution < -0.4 is 5.32 Å². The SMILES string of the molecule is CC(C)N(CC1CCCCN1)S(=O)(=O)CC1CC1. The number of nitrogens with zero attached hydrogens (tertiary/aromatic N) is 1. The second kappa shape index (κ2) is 5.88. The molecule has 1 saturated carbocycles. The average Bonchev–Trinajstić information content (AvgIpc) is 3.10. The van der Waals surface area contributed by atoms with Crippen molar-refractivity contribution in [3.05, 3.63) is 0 Å². The van der Waals surface area contributed by atoms with E-state index < -0.39 is 10.0 Å². The highest BCUT2D eigenvalue weighted by molar-refractivity contribution is 7.89. The summed E-state index contributed by atoms with van der Waals surface area (Å²) in [6.45, 7) is 5.63. The van der Waals surface area contributed by atoms with Crippen LogP contribution in [0, 0.1) is 5.92 Å². The monoisotopic (exact) mass is 274 g/mol. The molecule has 0 spiro atoms. The predicted octanol–water partition coefficient (Wildman–Crippen LogP) is 1.58. The highest BCUT2D eigenvalue weighted by Gasteiger charge is 2.34. The largest absolute Gasteiger partial charge is 0.313 e. The third kappa shape index (κ3) is 3.93. The Kier molecular flexibility index (Phi) is 4.67. The summed E-state index contributed by atoms with van der Waals surface area (Å²) in [6.07, 6.45) is 5.71. The lowest BCUT2D eigenvalue weighted by atomic mass is 10.1. The Morgan fingerprint density at radius 2 is 1.94 bits per heavy atom. The molecule has 2 fully saturated rings. The third-order valence-electron chi connectivity index (χ3n) is 3.89. The highest BCUT2D eigenvalue weighted by Crippen LogP contribution is 2.31. The lowest BCUT2D eigenvalue weighted by Crippen LogP contribution is -2.49. The van der Waals surface area contributed by atoms with Crippen molar-refractivity contribution in [3.63, 3.8) is 0 Å². The molecule has 2 rings (SSSR count). The quantitative estimate of drug-likeness (QED) is 0.800. The number of nitrogens with one attached hydrogen (secondary N) is 1. The number of hydrogen-bond acceptors (Lipinski definition) is 3. The highest BCUT2D eigenvalue weighted by atomic mass is 32.2. The molecule has 0 bridgehead atoms. The van der Waals surface area contributed by atoms with Crippen LogP contribution in [-0.4, -0.2) is 43.6 Å². The van der Waals surface area contributed by atoms with E-state index in [4.69, 9.17) is 0 Å². The fourth-order valence-corrected chi connectivity index (χ4v) is 4.79. The minimum Gasteiger partial charge on any atom is -0.313 e. The van der Waals surface area contributed by atoms with Crippen LogP contribution in [-0.2, 0) is 10.0 Å². The van der Waals surface area contributed by atoms with Crippen LogP contribution in [0.1, 0.15) is 46.0 Å². The molecule has 1 atom stereocenters. The fourth-order valence-electron chi connectivity index (χ4n) is 2.62. The van der Waals surface area contributed by atoms with E-state index in [-0.39, 0.29) is 6.04 Å². The third-order valence-corrected chi connectivity index (χ3v) is 6.07. The first kappa shape index (κ1) is 14.3. The standard InChI is InChI=1S/C13H26N2O2S/c1-11(2)15(9-13-5-3-4-8-14-13)18(16,17)10-12-6-7-12/h11-14H,3-10H2,1-2H3. The topological polar surface area (TPSA) is 49.4 Å². The zero-order valence-electron chi connectivity index (χ0n) is 11.6. The first-order chi connectivity index (χ1) is 8.49.